The number of esters is 1. The molecule has 1 aromatic heterocycles. The second-order valence-electron chi connectivity index (χ2n) is 4.65. The molecule has 0 bridgehead atoms. The first kappa shape index (κ1) is 18.5. The molecule has 132 valence electrons. The first-order valence-corrected chi connectivity index (χ1v) is 7.00. The molecule has 4 N–H and O–H groups in total. The van der Waals surface area contributed by atoms with Crippen LogP contribution in [-0.4, -0.2) is 20.9 Å². The maximum absolute atomic E-state index is 12.8. The number of carbonyl (C=O) groups excluding carboxylic acids is 1. The summed E-state index contributed by atoms with van der Waals surface area (Å²) in [6, 6.07) is 3.24. The van der Waals surface area contributed by atoms with Crippen molar-refractivity contribution in [2.75, 3.05) is 11.5 Å². The van der Waals surface area contributed by atoms with Crippen LogP contribution in [-0.2, 0) is 22.3 Å². The van der Waals surface area contributed by atoms with Gasteiger partial charge in [-0.3, -0.25) is 0 Å². The van der Waals surface area contributed by atoms with Gasteiger partial charge in [0.2, 0.25) is 11.9 Å². The summed E-state index contributed by atoms with van der Waals surface area (Å²) in [6.45, 7) is -0.325. The summed E-state index contributed by atoms with van der Waals surface area (Å²) in [5, 5.41) is -0.433. The van der Waals surface area contributed by atoms with Gasteiger partial charge in [0.05, 0.1) is 10.6 Å². The third kappa shape index (κ3) is 5.31. The monoisotopic (exact) mass is 373 g/mol. The van der Waals surface area contributed by atoms with Crippen LogP contribution in [0.3, 0.4) is 0 Å². The van der Waals surface area contributed by atoms with E-state index in [-0.39, 0.29) is 29.9 Å². The van der Waals surface area contributed by atoms with Gasteiger partial charge in [-0.2, -0.15) is 28.1 Å². The average molecular weight is 374 g/mol. The maximum Gasteiger partial charge on any atom is 0.417 e. The summed E-state index contributed by atoms with van der Waals surface area (Å²) >= 11 is 5.51. The third-order valence-electron chi connectivity index (χ3n) is 2.77. The van der Waals surface area contributed by atoms with E-state index in [2.05, 4.69) is 15.0 Å². The fourth-order valence-corrected chi connectivity index (χ4v) is 1.96. The van der Waals surface area contributed by atoms with E-state index in [1.807, 2.05) is 0 Å². The number of hydrogen-bond donors (Lipinski definition) is 2. The molecule has 2 aromatic rings. The fourth-order valence-electron chi connectivity index (χ4n) is 1.73. The van der Waals surface area contributed by atoms with Crippen molar-refractivity contribution in [3.8, 4) is 0 Å². The number of carbonyl (C=O) groups is 1. The first-order chi connectivity index (χ1) is 11.6. The number of nitrogens with two attached hydrogens (primary N) is 2. The van der Waals surface area contributed by atoms with Crippen LogP contribution in [0.5, 0.6) is 0 Å². The van der Waals surface area contributed by atoms with Crippen molar-refractivity contribution in [2.24, 2.45) is 0 Å². The lowest BCUT2D eigenvalue weighted by atomic mass is 10.1. The molecule has 0 atom stereocenters. The molecule has 0 fully saturated rings. The lowest BCUT2D eigenvalue weighted by molar-refractivity contribution is -0.139. The smallest absolute Gasteiger partial charge is 0.417 e. The molecule has 0 radical (unpaired) electrons. The van der Waals surface area contributed by atoms with Gasteiger partial charge in [0.1, 0.15) is 0 Å². The van der Waals surface area contributed by atoms with Crippen LogP contribution < -0.4 is 11.5 Å². The van der Waals surface area contributed by atoms with Gasteiger partial charge in [0.15, 0.2) is 12.4 Å². The standard InChI is InChI=1S/C14H11ClF3N5O2/c15-9-3-1-7(5-8(9)14(16,17)18)2-4-11(24)25-6-10-21-12(19)23-13(20)22-10/h1-5H,6H2,(H4,19,20,21,22,23)/b4-2+. The molecular formula is C14H11ClF3N5O2. The van der Waals surface area contributed by atoms with E-state index < -0.39 is 22.7 Å². The minimum atomic E-state index is -4.60. The number of ether oxygens (including phenoxy) is 1. The molecule has 2 rings (SSSR count). The minimum Gasteiger partial charge on any atom is -0.454 e. The summed E-state index contributed by atoms with van der Waals surface area (Å²) in [7, 11) is 0. The number of nitrogens with zero attached hydrogens (tertiary/aromatic N) is 3. The lowest BCUT2D eigenvalue weighted by Crippen LogP contribution is -2.09. The second-order valence-corrected chi connectivity index (χ2v) is 5.05. The molecule has 0 saturated carbocycles. The third-order valence-corrected chi connectivity index (χ3v) is 3.10. The van der Waals surface area contributed by atoms with Gasteiger partial charge in [-0.1, -0.05) is 17.7 Å². The van der Waals surface area contributed by atoms with Crippen molar-refractivity contribution in [3.63, 3.8) is 0 Å². The molecule has 1 heterocycles. The highest BCUT2D eigenvalue weighted by molar-refractivity contribution is 6.31. The fraction of sp³-hybridized carbons (Fsp3) is 0.143. The van der Waals surface area contributed by atoms with E-state index in [0.29, 0.717) is 0 Å². The van der Waals surface area contributed by atoms with Crippen LogP contribution >= 0.6 is 11.6 Å². The predicted molar refractivity (Wildman–Crippen MR) is 83.9 cm³/mol. The predicted octanol–water partition coefficient (Wildman–Crippen LogP) is 2.46. The van der Waals surface area contributed by atoms with Gasteiger partial charge in [-0.25, -0.2) is 4.79 Å². The Hall–Kier alpha value is -2.88. The van der Waals surface area contributed by atoms with Crippen LogP contribution in [0.15, 0.2) is 24.3 Å². The Morgan fingerprint density at radius 3 is 2.44 bits per heavy atom. The Kier molecular flexibility index (Phi) is 5.42. The van der Waals surface area contributed by atoms with Crippen molar-refractivity contribution in [3.05, 3.63) is 46.2 Å². The number of nitrogen functional groups attached to an aromatic ring is 2. The Bertz CT molecular complexity index is 806. The van der Waals surface area contributed by atoms with Crippen LogP contribution in [0.1, 0.15) is 17.0 Å². The van der Waals surface area contributed by atoms with E-state index in [0.717, 1.165) is 24.3 Å². The SMILES string of the molecule is Nc1nc(N)nc(COC(=O)/C=C/c2ccc(Cl)c(C(F)(F)F)c2)n1. The number of rotatable bonds is 4. The maximum atomic E-state index is 12.8. The highest BCUT2D eigenvalue weighted by Gasteiger charge is 2.33. The molecule has 0 aliphatic rings. The number of anilines is 2. The quantitative estimate of drug-likeness (QED) is 0.624. The van der Waals surface area contributed by atoms with E-state index in [1.54, 1.807) is 0 Å². The summed E-state index contributed by atoms with van der Waals surface area (Å²) in [4.78, 5) is 22.6. The number of alkyl halides is 3. The van der Waals surface area contributed by atoms with Crippen LogP contribution in [0.4, 0.5) is 25.1 Å². The largest absolute Gasteiger partial charge is 0.454 e. The zero-order chi connectivity index (χ0) is 18.6. The lowest BCUT2D eigenvalue weighted by Gasteiger charge is -2.09. The van der Waals surface area contributed by atoms with Gasteiger partial charge in [0, 0.05) is 6.08 Å². The minimum absolute atomic E-state index is 0.0394. The second kappa shape index (κ2) is 7.34. The van der Waals surface area contributed by atoms with Crippen LogP contribution in [0.2, 0.25) is 5.02 Å². The number of hydrogen-bond acceptors (Lipinski definition) is 7. The van der Waals surface area contributed by atoms with Gasteiger partial charge in [-0.15, -0.1) is 0 Å². The Balaban J connectivity index is 2.03. The molecule has 25 heavy (non-hydrogen) atoms. The average Bonchev–Trinajstić information content (AvgIpc) is 2.50. The van der Waals surface area contributed by atoms with E-state index in [9.17, 15) is 18.0 Å². The molecule has 0 aliphatic carbocycles. The van der Waals surface area contributed by atoms with Crippen LogP contribution in [0.25, 0.3) is 6.08 Å². The molecule has 0 spiro atoms. The number of aromatic nitrogens is 3. The molecule has 7 nitrogen and oxygen atoms in total. The van der Waals surface area contributed by atoms with Gasteiger partial charge in [0.25, 0.3) is 0 Å². The van der Waals surface area contributed by atoms with E-state index in [4.69, 9.17) is 27.8 Å². The van der Waals surface area contributed by atoms with Crippen molar-refractivity contribution in [2.45, 2.75) is 12.8 Å². The van der Waals surface area contributed by atoms with Gasteiger partial charge < -0.3 is 16.2 Å². The van der Waals surface area contributed by atoms with Crippen molar-refractivity contribution in [1.82, 2.24) is 15.0 Å². The van der Waals surface area contributed by atoms with Crippen molar-refractivity contribution in [1.29, 1.82) is 0 Å². The molecule has 0 unspecified atom stereocenters. The molecular weight excluding hydrogens is 363 g/mol. The Morgan fingerprint density at radius 1 is 1.20 bits per heavy atom. The van der Waals surface area contributed by atoms with Crippen LogP contribution in [0, 0.1) is 0 Å². The summed E-state index contributed by atoms with van der Waals surface area (Å²) in [6.07, 6.45) is -2.48. The normalized spacial score (nSPS) is 11.7. The highest BCUT2D eigenvalue weighted by atomic mass is 35.5. The first-order valence-electron chi connectivity index (χ1n) is 6.62. The zero-order valence-corrected chi connectivity index (χ0v) is 13.2. The summed E-state index contributed by atoms with van der Waals surface area (Å²) in [5.74, 6) is -1.04. The number of halogens is 4. The van der Waals surface area contributed by atoms with Crippen molar-refractivity contribution >= 4 is 35.5 Å². The molecule has 0 saturated heterocycles. The van der Waals surface area contributed by atoms with E-state index in [1.165, 1.54) is 6.07 Å². The Labute approximate surface area is 144 Å². The highest BCUT2D eigenvalue weighted by Crippen LogP contribution is 2.35. The molecule has 0 amide bonds. The molecule has 1 aromatic carbocycles. The van der Waals surface area contributed by atoms with Gasteiger partial charge >= 0.3 is 12.1 Å². The molecule has 0 aliphatic heterocycles. The zero-order valence-electron chi connectivity index (χ0n) is 12.4. The Morgan fingerprint density at radius 2 is 1.84 bits per heavy atom. The summed E-state index contributed by atoms with van der Waals surface area (Å²) in [5.41, 5.74) is 9.85. The van der Waals surface area contributed by atoms with Crippen molar-refractivity contribution < 1.29 is 22.7 Å². The van der Waals surface area contributed by atoms with Gasteiger partial charge in [-0.05, 0) is 23.8 Å². The molecule has 11 heteroatoms. The topological polar surface area (TPSA) is 117 Å². The summed E-state index contributed by atoms with van der Waals surface area (Å²) < 4.78 is 43.1. The number of benzene rings is 1. The van der Waals surface area contributed by atoms with E-state index >= 15 is 0 Å².